The van der Waals surface area contributed by atoms with E-state index in [1.165, 1.54) is 0 Å². The van der Waals surface area contributed by atoms with Crippen molar-refractivity contribution in [3.05, 3.63) is 34.3 Å². The molecule has 1 fully saturated rings. The third-order valence-corrected chi connectivity index (χ3v) is 4.09. The van der Waals surface area contributed by atoms with Crippen molar-refractivity contribution in [2.24, 2.45) is 17.1 Å². The van der Waals surface area contributed by atoms with Gasteiger partial charge in [-0.3, -0.25) is 0 Å². The second-order valence-corrected chi connectivity index (χ2v) is 5.42. The van der Waals surface area contributed by atoms with Gasteiger partial charge in [-0.1, -0.05) is 35.0 Å². The minimum Gasteiger partial charge on any atom is -0.388 e. The monoisotopic (exact) mass is 269 g/mol. The molecule has 1 aromatic rings. The highest BCUT2D eigenvalue weighted by Gasteiger charge is 2.55. The van der Waals surface area contributed by atoms with Crippen molar-refractivity contribution in [2.45, 2.75) is 19.4 Å². The maximum Gasteiger partial charge on any atom is 0.0861 e. The first-order chi connectivity index (χ1) is 7.10. The Bertz CT molecular complexity index is 364. The van der Waals surface area contributed by atoms with E-state index >= 15 is 0 Å². The van der Waals surface area contributed by atoms with Crippen molar-refractivity contribution in [3.63, 3.8) is 0 Å². The summed E-state index contributed by atoms with van der Waals surface area (Å²) in [4.78, 5) is 0. The molecule has 3 atom stereocenters. The van der Waals surface area contributed by atoms with Crippen LogP contribution in [0, 0.1) is 11.3 Å². The van der Waals surface area contributed by atoms with E-state index in [0.29, 0.717) is 12.5 Å². The molecule has 0 heterocycles. The molecule has 0 aliphatic heterocycles. The minimum atomic E-state index is -0.435. The van der Waals surface area contributed by atoms with Gasteiger partial charge in [-0.05, 0) is 30.0 Å². The number of rotatable bonds is 3. The molecule has 3 heteroatoms. The first-order valence-corrected chi connectivity index (χ1v) is 6.03. The van der Waals surface area contributed by atoms with Crippen LogP contribution in [0.1, 0.15) is 25.0 Å². The maximum atomic E-state index is 10.3. The van der Waals surface area contributed by atoms with E-state index < -0.39 is 6.10 Å². The SMILES string of the molecule is C[C@H]1C[C@]1(CN)[C@@H](O)c1cccc(Br)c1. The summed E-state index contributed by atoms with van der Waals surface area (Å²) in [6.45, 7) is 2.70. The Morgan fingerprint density at radius 1 is 1.67 bits per heavy atom. The van der Waals surface area contributed by atoms with Crippen molar-refractivity contribution in [3.8, 4) is 0 Å². The molecule has 1 aromatic carbocycles. The van der Waals surface area contributed by atoms with Crippen LogP contribution >= 0.6 is 15.9 Å². The Morgan fingerprint density at radius 2 is 2.33 bits per heavy atom. The molecule has 82 valence electrons. The fourth-order valence-electron chi connectivity index (χ4n) is 2.30. The van der Waals surface area contributed by atoms with E-state index in [1.54, 1.807) is 0 Å². The standard InChI is InChI=1S/C12H16BrNO/c1-8-6-12(8,7-14)11(15)9-3-2-4-10(13)5-9/h2-5,8,11,15H,6-7,14H2,1H3/t8-,11-,12+/m0/s1. The number of hydrogen-bond donors (Lipinski definition) is 2. The molecule has 0 amide bonds. The smallest absolute Gasteiger partial charge is 0.0861 e. The third-order valence-electron chi connectivity index (χ3n) is 3.60. The quantitative estimate of drug-likeness (QED) is 0.886. The first-order valence-electron chi connectivity index (χ1n) is 5.24. The third kappa shape index (κ3) is 1.84. The van der Waals surface area contributed by atoms with Crippen molar-refractivity contribution >= 4 is 15.9 Å². The van der Waals surface area contributed by atoms with Gasteiger partial charge < -0.3 is 10.8 Å². The van der Waals surface area contributed by atoms with Crippen LogP contribution in [0.25, 0.3) is 0 Å². The Morgan fingerprint density at radius 3 is 2.80 bits per heavy atom. The van der Waals surface area contributed by atoms with E-state index in [9.17, 15) is 5.11 Å². The van der Waals surface area contributed by atoms with Gasteiger partial charge in [-0.25, -0.2) is 0 Å². The van der Waals surface area contributed by atoms with Crippen LogP contribution in [0.2, 0.25) is 0 Å². The van der Waals surface area contributed by atoms with E-state index in [2.05, 4.69) is 22.9 Å². The van der Waals surface area contributed by atoms with E-state index in [0.717, 1.165) is 16.5 Å². The Kier molecular flexibility index (Phi) is 2.88. The zero-order valence-corrected chi connectivity index (χ0v) is 10.4. The fraction of sp³-hybridized carbons (Fsp3) is 0.500. The van der Waals surface area contributed by atoms with Crippen molar-refractivity contribution in [2.75, 3.05) is 6.54 Å². The van der Waals surface area contributed by atoms with Gasteiger partial charge in [0, 0.05) is 16.4 Å². The molecular weight excluding hydrogens is 254 g/mol. The van der Waals surface area contributed by atoms with Crippen LogP contribution in [0.15, 0.2) is 28.7 Å². The summed E-state index contributed by atoms with van der Waals surface area (Å²) in [7, 11) is 0. The average Bonchev–Trinajstić information content (AvgIpc) is 2.90. The Balaban J connectivity index is 2.25. The first kappa shape index (κ1) is 11.1. The zero-order chi connectivity index (χ0) is 11.1. The number of nitrogens with two attached hydrogens (primary N) is 1. The Hall–Kier alpha value is -0.380. The predicted molar refractivity (Wildman–Crippen MR) is 64.4 cm³/mol. The summed E-state index contributed by atoms with van der Waals surface area (Å²) in [5.74, 6) is 0.525. The predicted octanol–water partition coefficient (Wildman–Crippen LogP) is 2.47. The molecule has 2 rings (SSSR count). The summed E-state index contributed by atoms with van der Waals surface area (Å²) in [6, 6.07) is 7.83. The molecule has 1 saturated carbocycles. The van der Waals surface area contributed by atoms with Gasteiger partial charge in [-0.15, -0.1) is 0 Å². The van der Waals surface area contributed by atoms with Crippen LogP contribution in [0.3, 0.4) is 0 Å². The molecule has 0 unspecified atom stereocenters. The van der Waals surface area contributed by atoms with Crippen LogP contribution in [0.4, 0.5) is 0 Å². The van der Waals surface area contributed by atoms with Gasteiger partial charge in [0.1, 0.15) is 0 Å². The molecule has 0 radical (unpaired) electrons. The molecule has 1 aliphatic rings. The lowest BCUT2D eigenvalue weighted by Crippen LogP contribution is -2.25. The van der Waals surface area contributed by atoms with Crippen molar-refractivity contribution in [1.29, 1.82) is 0 Å². The number of halogens is 1. The molecule has 2 nitrogen and oxygen atoms in total. The average molecular weight is 270 g/mol. The number of benzene rings is 1. The lowest BCUT2D eigenvalue weighted by atomic mass is 9.91. The second-order valence-electron chi connectivity index (χ2n) is 4.50. The normalized spacial score (nSPS) is 31.3. The Labute approximate surface area is 98.6 Å². The summed E-state index contributed by atoms with van der Waals surface area (Å²) in [5, 5.41) is 10.3. The molecular formula is C12H16BrNO. The summed E-state index contributed by atoms with van der Waals surface area (Å²) in [6.07, 6.45) is 0.590. The highest BCUT2D eigenvalue weighted by molar-refractivity contribution is 9.10. The highest BCUT2D eigenvalue weighted by Crippen LogP contribution is 2.59. The van der Waals surface area contributed by atoms with Crippen LogP contribution in [-0.4, -0.2) is 11.7 Å². The lowest BCUT2D eigenvalue weighted by molar-refractivity contribution is 0.0888. The largest absolute Gasteiger partial charge is 0.388 e. The van der Waals surface area contributed by atoms with Crippen molar-refractivity contribution < 1.29 is 5.11 Å². The van der Waals surface area contributed by atoms with Gasteiger partial charge in [0.2, 0.25) is 0 Å². The topological polar surface area (TPSA) is 46.2 Å². The highest BCUT2D eigenvalue weighted by atomic mass is 79.9. The van der Waals surface area contributed by atoms with Crippen LogP contribution in [-0.2, 0) is 0 Å². The van der Waals surface area contributed by atoms with E-state index in [-0.39, 0.29) is 5.41 Å². The van der Waals surface area contributed by atoms with Crippen molar-refractivity contribution in [1.82, 2.24) is 0 Å². The molecule has 0 saturated heterocycles. The molecule has 3 N–H and O–H groups in total. The van der Waals surface area contributed by atoms with Crippen LogP contribution < -0.4 is 5.73 Å². The maximum absolute atomic E-state index is 10.3. The fourth-order valence-corrected chi connectivity index (χ4v) is 2.71. The minimum absolute atomic E-state index is 0.0825. The molecule has 0 spiro atoms. The second kappa shape index (κ2) is 3.89. The van der Waals surface area contributed by atoms with Gasteiger partial charge in [0.05, 0.1) is 6.10 Å². The van der Waals surface area contributed by atoms with Gasteiger partial charge in [0.15, 0.2) is 0 Å². The van der Waals surface area contributed by atoms with E-state index in [1.807, 2.05) is 24.3 Å². The molecule has 15 heavy (non-hydrogen) atoms. The summed E-state index contributed by atoms with van der Waals surface area (Å²) in [5.41, 5.74) is 6.64. The summed E-state index contributed by atoms with van der Waals surface area (Å²) < 4.78 is 1.000. The molecule has 0 aromatic heterocycles. The zero-order valence-electron chi connectivity index (χ0n) is 8.78. The van der Waals surface area contributed by atoms with E-state index in [4.69, 9.17) is 5.73 Å². The number of aliphatic hydroxyl groups excluding tert-OH is 1. The molecule has 0 bridgehead atoms. The lowest BCUT2D eigenvalue weighted by Gasteiger charge is -2.22. The molecule has 1 aliphatic carbocycles. The van der Waals surface area contributed by atoms with Gasteiger partial charge in [-0.2, -0.15) is 0 Å². The number of aliphatic hydroxyl groups is 1. The van der Waals surface area contributed by atoms with Gasteiger partial charge >= 0.3 is 0 Å². The van der Waals surface area contributed by atoms with Gasteiger partial charge in [0.25, 0.3) is 0 Å². The summed E-state index contributed by atoms with van der Waals surface area (Å²) >= 11 is 3.41. The number of hydrogen-bond acceptors (Lipinski definition) is 2. The van der Waals surface area contributed by atoms with Crippen LogP contribution in [0.5, 0.6) is 0 Å².